The summed E-state index contributed by atoms with van der Waals surface area (Å²) in [4.78, 5) is 11.6. The minimum absolute atomic E-state index is 0.0444. The van der Waals surface area contributed by atoms with E-state index in [1.54, 1.807) is 6.92 Å². The number of hydrogen-bond acceptors (Lipinski definition) is 2. The first-order valence-corrected chi connectivity index (χ1v) is 5.09. The lowest BCUT2D eigenvalue weighted by molar-refractivity contribution is -0.126. The molecule has 1 amide bonds. The van der Waals surface area contributed by atoms with Crippen LogP contribution in [0.3, 0.4) is 0 Å². The quantitative estimate of drug-likeness (QED) is 0.498. The Hall–Kier alpha value is -1.01. The van der Waals surface area contributed by atoms with Gasteiger partial charge in [-0.25, -0.2) is 0 Å². The molecule has 3 nitrogen and oxygen atoms in total. The summed E-state index contributed by atoms with van der Waals surface area (Å²) in [7, 11) is 0. The predicted octanol–water partition coefficient (Wildman–Crippen LogP) is 0.643. The summed E-state index contributed by atoms with van der Waals surface area (Å²) in [6.45, 7) is 2.43. The van der Waals surface area contributed by atoms with Crippen LogP contribution in [0.1, 0.15) is 32.6 Å². The van der Waals surface area contributed by atoms with E-state index in [9.17, 15) is 4.79 Å². The summed E-state index contributed by atoms with van der Waals surface area (Å²) in [5, 5.41) is 2.82. The second-order valence-corrected chi connectivity index (χ2v) is 4.12. The molecule has 3 N–H and O–H groups in total. The van der Waals surface area contributed by atoms with Gasteiger partial charge in [-0.05, 0) is 32.1 Å². The molecule has 0 bridgehead atoms. The molecule has 1 aliphatic carbocycles. The number of carbonyl (C=O) groups is 1. The molecular formula is C11H18N2O. The fourth-order valence-corrected chi connectivity index (χ4v) is 1.45. The maximum absolute atomic E-state index is 11.6. The zero-order valence-electron chi connectivity index (χ0n) is 8.68. The molecule has 78 valence electrons. The van der Waals surface area contributed by atoms with Crippen molar-refractivity contribution in [2.24, 2.45) is 11.7 Å². The largest absolute Gasteiger partial charge is 0.354 e. The highest BCUT2D eigenvalue weighted by Crippen LogP contribution is 2.37. The second-order valence-electron chi connectivity index (χ2n) is 4.12. The van der Waals surface area contributed by atoms with Gasteiger partial charge in [-0.1, -0.05) is 0 Å². The predicted molar refractivity (Wildman–Crippen MR) is 56.4 cm³/mol. The van der Waals surface area contributed by atoms with E-state index in [0.717, 1.165) is 19.3 Å². The van der Waals surface area contributed by atoms with Gasteiger partial charge in [-0.3, -0.25) is 4.79 Å². The molecule has 3 heteroatoms. The van der Waals surface area contributed by atoms with Gasteiger partial charge >= 0.3 is 0 Å². The average Bonchev–Trinajstić information content (AvgIpc) is 2.94. The zero-order chi connectivity index (χ0) is 10.6. The van der Waals surface area contributed by atoms with Crippen LogP contribution in [0.5, 0.6) is 0 Å². The van der Waals surface area contributed by atoms with Crippen molar-refractivity contribution in [2.45, 2.75) is 38.1 Å². The van der Waals surface area contributed by atoms with E-state index in [1.165, 1.54) is 0 Å². The van der Waals surface area contributed by atoms with Crippen molar-refractivity contribution < 1.29 is 4.79 Å². The average molecular weight is 194 g/mol. The second kappa shape index (κ2) is 4.47. The molecule has 0 aromatic carbocycles. The highest BCUT2D eigenvalue weighted by atomic mass is 16.2. The van der Waals surface area contributed by atoms with Crippen molar-refractivity contribution in [3.05, 3.63) is 0 Å². The van der Waals surface area contributed by atoms with Crippen LogP contribution in [0.2, 0.25) is 0 Å². The lowest BCUT2D eigenvalue weighted by atomic mass is 9.96. The Balaban J connectivity index is 2.24. The van der Waals surface area contributed by atoms with Gasteiger partial charge in [-0.2, -0.15) is 0 Å². The number of hydrogen-bond donors (Lipinski definition) is 2. The lowest BCUT2D eigenvalue weighted by Gasteiger charge is -2.22. The third-order valence-electron chi connectivity index (χ3n) is 2.70. The minimum atomic E-state index is -0.684. The Morgan fingerprint density at radius 1 is 1.71 bits per heavy atom. The summed E-state index contributed by atoms with van der Waals surface area (Å²) in [5.41, 5.74) is 5.24. The van der Waals surface area contributed by atoms with E-state index in [2.05, 4.69) is 11.2 Å². The third kappa shape index (κ3) is 2.74. The van der Waals surface area contributed by atoms with Crippen LogP contribution in [0.4, 0.5) is 0 Å². The zero-order valence-corrected chi connectivity index (χ0v) is 8.68. The molecule has 1 fully saturated rings. The normalized spacial score (nSPS) is 19.5. The Labute approximate surface area is 85.4 Å². The molecule has 0 aromatic rings. The van der Waals surface area contributed by atoms with Crippen LogP contribution in [0.15, 0.2) is 0 Å². The maximum Gasteiger partial charge on any atom is 0.240 e. The molecule has 0 radical (unpaired) electrons. The van der Waals surface area contributed by atoms with E-state index < -0.39 is 5.54 Å². The first-order chi connectivity index (χ1) is 6.59. The van der Waals surface area contributed by atoms with Crippen LogP contribution >= 0.6 is 0 Å². The van der Waals surface area contributed by atoms with E-state index in [-0.39, 0.29) is 5.91 Å². The van der Waals surface area contributed by atoms with Gasteiger partial charge in [-0.15, -0.1) is 12.3 Å². The Kier molecular flexibility index (Phi) is 3.54. The molecule has 1 aliphatic rings. The summed E-state index contributed by atoms with van der Waals surface area (Å²) in [6.07, 6.45) is 8.77. The highest BCUT2D eigenvalue weighted by Gasteiger charge is 2.43. The van der Waals surface area contributed by atoms with Crippen LogP contribution < -0.4 is 11.1 Å². The maximum atomic E-state index is 11.6. The Morgan fingerprint density at radius 3 is 2.86 bits per heavy atom. The van der Waals surface area contributed by atoms with Gasteiger partial charge in [0.25, 0.3) is 0 Å². The fourth-order valence-electron chi connectivity index (χ4n) is 1.45. The Bertz CT molecular complexity index is 249. The molecule has 1 rings (SSSR count). The summed E-state index contributed by atoms with van der Waals surface area (Å²) in [5.74, 6) is 2.86. The number of rotatable bonds is 5. The number of terminal acetylenes is 1. The molecule has 0 spiro atoms. The lowest BCUT2D eigenvalue weighted by Crippen LogP contribution is -2.53. The monoisotopic (exact) mass is 194 g/mol. The molecule has 0 heterocycles. The smallest absolute Gasteiger partial charge is 0.240 e. The summed E-state index contributed by atoms with van der Waals surface area (Å²) >= 11 is 0. The van der Waals surface area contributed by atoms with Crippen molar-refractivity contribution in [3.63, 3.8) is 0 Å². The number of nitrogens with two attached hydrogens (primary N) is 1. The van der Waals surface area contributed by atoms with Crippen LogP contribution in [0.25, 0.3) is 0 Å². The molecular weight excluding hydrogens is 176 g/mol. The molecule has 14 heavy (non-hydrogen) atoms. The van der Waals surface area contributed by atoms with Crippen molar-refractivity contribution in [1.82, 2.24) is 5.32 Å². The summed E-state index contributed by atoms with van der Waals surface area (Å²) in [6, 6.07) is 0. The van der Waals surface area contributed by atoms with E-state index in [0.29, 0.717) is 18.9 Å². The molecule has 0 aromatic heterocycles. The topological polar surface area (TPSA) is 55.1 Å². The van der Waals surface area contributed by atoms with E-state index >= 15 is 0 Å². The van der Waals surface area contributed by atoms with Gasteiger partial charge in [0.15, 0.2) is 0 Å². The van der Waals surface area contributed by atoms with Gasteiger partial charge in [0.05, 0.1) is 5.54 Å². The molecule has 1 unspecified atom stereocenters. The molecule has 1 saturated carbocycles. The SMILES string of the molecule is C#CCCCNC(=O)C(C)(N)C1CC1. The Morgan fingerprint density at radius 2 is 2.36 bits per heavy atom. The highest BCUT2D eigenvalue weighted by molar-refractivity contribution is 5.86. The van der Waals surface area contributed by atoms with Crippen molar-refractivity contribution in [3.8, 4) is 12.3 Å². The van der Waals surface area contributed by atoms with Gasteiger partial charge in [0, 0.05) is 13.0 Å². The number of nitrogens with one attached hydrogen (secondary N) is 1. The summed E-state index contributed by atoms with van der Waals surface area (Å²) < 4.78 is 0. The van der Waals surface area contributed by atoms with Crippen molar-refractivity contribution in [1.29, 1.82) is 0 Å². The standard InChI is InChI=1S/C11H18N2O/c1-3-4-5-8-13-10(14)11(2,12)9-6-7-9/h1,9H,4-8,12H2,2H3,(H,13,14). The van der Waals surface area contributed by atoms with Crippen LogP contribution in [0, 0.1) is 18.3 Å². The van der Waals surface area contributed by atoms with Crippen molar-refractivity contribution in [2.75, 3.05) is 6.54 Å². The fraction of sp³-hybridized carbons (Fsp3) is 0.727. The first-order valence-electron chi connectivity index (χ1n) is 5.09. The number of amides is 1. The molecule has 1 atom stereocenters. The van der Waals surface area contributed by atoms with Crippen molar-refractivity contribution >= 4 is 5.91 Å². The third-order valence-corrected chi connectivity index (χ3v) is 2.70. The number of carbonyl (C=O) groups excluding carboxylic acids is 1. The first kappa shape index (κ1) is 11.1. The van der Waals surface area contributed by atoms with Crippen LogP contribution in [-0.2, 0) is 4.79 Å². The molecule has 0 aliphatic heterocycles. The molecule has 0 saturated heterocycles. The van der Waals surface area contributed by atoms with Gasteiger partial charge in [0.2, 0.25) is 5.91 Å². The van der Waals surface area contributed by atoms with E-state index in [4.69, 9.17) is 12.2 Å². The van der Waals surface area contributed by atoms with E-state index in [1.807, 2.05) is 0 Å². The van der Waals surface area contributed by atoms with Gasteiger partial charge in [0.1, 0.15) is 0 Å². The van der Waals surface area contributed by atoms with Gasteiger partial charge < -0.3 is 11.1 Å². The minimum Gasteiger partial charge on any atom is -0.354 e. The number of unbranched alkanes of at least 4 members (excludes halogenated alkanes) is 1. The van der Waals surface area contributed by atoms with Crippen LogP contribution in [-0.4, -0.2) is 18.0 Å².